The summed E-state index contributed by atoms with van der Waals surface area (Å²) in [7, 11) is 0. The topological polar surface area (TPSA) is 38.1 Å². The summed E-state index contributed by atoms with van der Waals surface area (Å²) < 4.78 is 5.28. The predicted octanol–water partition coefficient (Wildman–Crippen LogP) is 2.95. The molecule has 0 saturated carbocycles. The van der Waals surface area contributed by atoms with Gasteiger partial charge in [-0.3, -0.25) is 0 Å². The highest BCUT2D eigenvalue weighted by Gasteiger charge is 2.14. The van der Waals surface area contributed by atoms with Crippen LogP contribution < -0.4 is 5.32 Å². The molecule has 2 aromatic heterocycles. The second kappa shape index (κ2) is 5.67. The van der Waals surface area contributed by atoms with E-state index >= 15 is 0 Å². The van der Waals surface area contributed by atoms with Gasteiger partial charge >= 0.3 is 0 Å². The molecule has 18 heavy (non-hydrogen) atoms. The second-order valence-electron chi connectivity index (χ2n) is 4.69. The lowest BCUT2D eigenvalue weighted by atomic mass is 10.0. The van der Waals surface area contributed by atoms with Gasteiger partial charge in [0.05, 0.1) is 23.5 Å². The fraction of sp³-hybridized carbons (Fsp3) is 0.500. The van der Waals surface area contributed by atoms with Crippen LogP contribution in [0.1, 0.15) is 34.2 Å². The van der Waals surface area contributed by atoms with Crippen molar-refractivity contribution in [3.8, 4) is 0 Å². The van der Waals surface area contributed by atoms with Crippen molar-refractivity contribution >= 4 is 11.3 Å². The number of aryl methyl sites for hydroxylation is 2. The molecule has 0 aromatic carbocycles. The largest absolute Gasteiger partial charge is 0.468 e. The minimum absolute atomic E-state index is 0.804. The van der Waals surface area contributed by atoms with Crippen molar-refractivity contribution in [2.24, 2.45) is 0 Å². The van der Waals surface area contributed by atoms with E-state index in [9.17, 15) is 0 Å². The summed E-state index contributed by atoms with van der Waals surface area (Å²) in [6.45, 7) is 1.77. The molecule has 2 heterocycles. The van der Waals surface area contributed by atoms with Crippen LogP contribution in [0.4, 0.5) is 0 Å². The summed E-state index contributed by atoms with van der Waals surface area (Å²) in [5.74, 6) is 0.994. The number of hydrogen-bond acceptors (Lipinski definition) is 4. The molecular formula is C14H18N2OS. The summed E-state index contributed by atoms with van der Waals surface area (Å²) in [6.07, 6.45) is 7.82. The van der Waals surface area contributed by atoms with E-state index in [0.717, 1.165) is 25.3 Å². The summed E-state index contributed by atoms with van der Waals surface area (Å²) in [5, 5.41) is 4.68. The van der Waals surface area contributed by atoms with Crippen molar-refractivity contribution in [1.82, 2.24) is 10.3 Å². The van der Waals surface area contributed by atoms with Gasteiger partial charge in [0.15, 0.2) is 0 Å². The van der Waals surface area contributed by atoms with E-state index in [4.69, 9.17) is 9.40 Å². The average molecular weight is 262 g/mol. The number of nitrogens with one attached hydrogen (secondary N) is 1. The van der Waals surface area contributed by atoms with Crippen LogP contribution in [0.25, 0.3) is 0 Å². The van der Waals surface area contributed by atoms with E-state index in [2.05, 4.69) is 5.32 Å². The molecule has 4 heteroatoms. The highest BCUT2D eigenvalue weighted by atomic mass is 32.1. The SMILES string of the molecule is c1coc(CNCCc2nc3c(s2)CCCC3)c1. The van der Waals surface area contributed by atoms with Crippen molar-refractivity contribution in [3.63, 3.8) is 0 Å². The van der Waals surface area contributed by atoms with E-state index in [1.165, 1.54) is 41.3 Å². The molecule has 1 aliphatic carbocycles. The number of fused-ring (bicyclic) bond motifs is 1. The molecule has 96 valence electrons. The maximum atomic E-state index is 5.28. The first kappa shape index (κ1) is 11.9. The Kier molecular flexibility index (Phi) is 3.76. The van der Waals surface area contributed by atoms with Crippen LogP contribution in [0, 0.1) is 0 Å². The van der Waals surface area contributed by atoms with Crippen LogP contribution >= 0.6 is 11.3 Å². The Labute approximate surface area is 111 Å². The number of hydrogen-bond donors (Lipinski definition) is 1. The zero-order chi connectivity index (χ0) is 12.2. The van der Waals surface area contributed by atoms with Gasteiger partial charge in [0.2, 0.25) is 0 Å². The van der Waals surface area contributed by atoms with E-state index in [1.54, 1.807) is 6.26 Å². The molecule has 0 saturated heterocycles. The zero-order valence-corrected chi connectivity index (χ0v) is 11.3. The van der Waals surface area contributed by atoms with Crippen LogP contribution in [0.5, 0.6) is 0 Å². The molecule has 0 unspecified atom stereocenters. The third-order valence-electron chi connectivity index (χ3n) is 3.28. The summed E-state index contributed by atoms with van der Waals surface area (Å²) in [5.41, 5.74) is 1.37. The van der Waals surface area contributed by atoms with E-state index < -0.39 is 0 Å². The lowest BCUT2D eigenvalue weighted by Gasteiger charge is -2.06. The Bertz CT molecular complexity index is 466. The third kappa shape index (κ3) is 2.82. The quantitative estimate of drug-likeness (QED) is 0.842. The minimum atomic E-state index is 0.804. The number of nitrogens with zero attached hydrogens (tertiary/aromatic N) is 1. The minimum Gasteiger partial charge on any atom is -0.468 e. The van der Waals surface area contributed by atoms with E-state index in [-0.39, 0.29) is 0 Å². The Morgan fingerprint density at radius 1 is 1.33 bits per heavy atom. The molecule has 0 amide bonds. The fourth-order valence-electron chi connectivity index (χ4n) is 2.33. The van der Waals surface area contributed by atoms with Crippen LogP contribution in [0.3, 0.4) is 0 Å². The normalized spacial score (nSPS) is 14.7. The number of aromatic nitrogens is 1. The fourth-order valence-corrected chi connectivity index (χ4v) is 3.49. The molecule has 0 aliphatic heterocycles. The standard InChI is InChI=1S/C14H18N2OS/c1-2-6-13-12(5-1)16-14(18-13)7-8-15-10-11-4-3-9-17-11/h3-4,9,15H,1-2,5-8,10H2. The molecule has 0 spiro atoms. The first-order valence-corrected chi connectivity index (χ1v) is 7.44. The summed E-state index contributed by atoms with van der Waals surface area (Å²) in [6, 6.07) is 3.92. The van der Waals surface area contributed by atoms with Gasteiger partial charge in [-0.15, -0.1) is 11.3 Å². The van der Waals surface area contributed by atoms with E-state index in [0.29, 0.717) is 0 Å². The molecule has 0 radical (unpaired) electrons. The van der Waals surface area contributed by atoms with Gasteiger partial charge in [0.1, 0.15) is 5.76 Å². The molecule has 1 aliphatic rings. The number of furan rings is 1. The first-order valence-electron chi connectivity index (χ1n) is 6.62. The van der Waals surface area contributed by atoms with E-state index in [1.807, 2.05) is 23.5 Å². The highest BCUT2D eigenvalue weighted by molar-refractivity contribution is 7.11. The van der Waals surface area contributed by atoms with Gasteiger partial charge in [-0.05, 0) is 37.8 Å². The number of thiazole rings is 1. The Morgan fingerprint density at radius 3 is 3.11 bits per heavy atom. The van der Waals surface area contributed by atoms with Crippen LogP contribution in [-0.4, -0.2) is 11.5 Å². The Balaban J connectivity index is 1.46. The molecule has 3 rings (SSSR count). The van der Waals surface area contributed by atoms with Crippen molar-refractivity contribution in [2.75, 3.05) is 6.54 Å². The molecule has 3 nitrogen and oxygen atoms in total. The van der Waals surface area contributed by atoms with Crippen LogP contribution in [-0.2, 0) is 25.8 Å². The molecule has 0 fully saturated rings. The van der Waals surface area contributed by atoms with Crippen molar-refractivity contribution in [2.45, 2.75) is 38.6 Å². The first-order chi connectivity index (χ1) is 8.92. The van der Waals surface area contributed by atoms with Gasteiger partial charge in [-0.2, -0.15) is 0 Å². The molecule has 0 atom stereocenters. The lowest BCUT2D eigenvalue weighted by Crippen LogP contribution is -2.16. The van der Waals surface area contributed by atoms with Gasteiger partial charge in [0, 0.05) is 17.8 Å². The maximum Gasteiger partial charge on any atom is 0.117 e. The summed E-state index contributed by atoms with van der Waals surface area (Å²) >= 11 is 1.91. The van der Waals surface area contributed by atoms with Crippen molar-refractivity contribution in [1.29, 1.82) is 0 Å². The molecular weight excluding hydrogens is 244 g/mol. The monoisotopic (exact) mass is 262 g/mol. The Hall–Kier alpha value is -1.13. The smallest absolute Gasteiger partial charge is 0.117 e. The van der Waals surface area contributed by atoms with Gasteiger partial charge < -0.3 is 9.73 Å². The Morgan fingerprint density at radius 2 is 2.28 bits per heavy atom. The van der Waals surface area contributed by atoms with Gasteiger partial charge in [-0.25, -0.2) is 4.98 Å². The summed E-state index contributed by atoms with van der Waals surface area (Å²) in [4.78, 5) is 6.27. The maximum absolute atomic E-state index is 5.28. The average Bonchev–Trinajstić information content (AvgIpc) is 3.03. The highest BCUT2D eigenvalue weighted by Crippen LogP contribution is 2.26. The zero-order valence-electron chi connectivity index (χ0n) is 10.4. The van der Waals surface area contributed by atoms with Crippen LogP contribution in [0.15, 0.2) is 22.8 Å². The third-order valence-corrected chi connectivity index (χ3v) is 4.50. The molecule has 1 N–H and O–H groups in total. The van der Waals surface area contributed by atoms with Crippen molar-refractivity contribution in [3.05, 3.63) is 39.7 Å². The van der Waals surface area contributed by atoms with Gasteiger partial charge in [-0.1, -0.05) is 0 Å². The van der Waals surface area contributed by atoms with Gasteiger partial charge in [0.25, 0.3) is 0 Å². The molecule has 2 aromatic rings. The predicted molar refractivity (Wildman–Crippen MR) is 72.9 cm³/mol. The number of rotatable bonds is 5. The van der Waals surface area contributed by atoms with Crippen LogP contribution in [0.2, 0.25) is 0 Å². The molecule has 0 bridgehead atoms. The second-order valence-corrected chi connectivity index (χ2v) is 5.86. The van der Waals surface area contributed by atoms with Crippen molar-refractivity contribution < 1.29 is 4.42 Å². The lowest BCUT2D eigenvalue weighted by molar-refractivity contribution is 0.484.